The fraction of sp³-hybridized carbons (Fsp3) is 0.412. The maximum absolute atomic E-state index is 13.3. The topological polar surface area (TPSA) is 83.7 Å². The molecule has 2 aromatic rings. The highest BCUT2D eigenvalue weighted by Gasteiger charge is 2.42. The van der Waals surface area contributed by atoms with Crippen molar-refractivity contribution in [3.05, 3.63) is 36.5 Å². The molecule has 0 spiro atoms. The van der Waals surface area contributed by atoms with Gasteiger partial charge in [-0.15, -0.1) is 11.8 Å². The maximum Gasteiger partial charge on any atom is 0.245 e. The van der Waals surface area contributed by atoms with E-state index in [9.17, 15) is 13.2 Å². The SMILES string of the molecule is CCN(CC)C(=O)C1CSCN1S(=O)(=O)c1ccccc1-c1ccno1. The minimum Gasteiger partial charge on any atom is -0.356 e. The zero-order chi connectivity index (χ0) is 18.7. The number of thioether (sulfide) groups is 1. The van der Waals surface area contributed by atoms with Crippen LogP contribution in [0.1, 0.15) is 13.8 Å². The third-order valence-corrected chi connectivity index (χ3v) is 7.47. The predicted octanol–water partition coefficient (Wildman–Crippen LogP) is 2.27. The van der Waals surface area contributed by atoms with Gasteiger partial charge in [0.2, 0.25) is 15.9 Å². The molecule has 1 atom stereocenters. The van der Waals surface area contributed by atoms with Gasteiger partial charge in [0.1, 0.15) is 6.04 Å². The Labute approximate surface area is 157 Å². The molecule has 0 aliphatic carbocycles. The lowest BCUT2D eigenvalue weighted by Gasteiger charge is -2.28. The number of hydrogen-bond donors (Lipinski definition) is 0. The Morgan fingerprint density at radius 2 is 2.04 bits per heavy atom. The van der Waals surface area contributed by atoms with E-state index < -0.39 is 16.1 Å². The van der Waals surface area contributed by atoms with Crippen LogP contribution >= 0.6 is 11.8 Å². The molecule has 0 bridgehead atoms. The molecule has 140 valence electrons. The van der Waals surface area contributed by atoms with E-state index in [0.29, 0.717) is 30.2 Å². The first kappa shape index (κ1) is 18.9. The van der Waals surface area contributed by atoms with Crippen molar-refractivity contribution in [3.8, 4) is 11.3 Å². The second-order valence-electron chi connectivity index (χ2n) is 5.79. The van der Waals surface area contributed by atoms with E-state index in [1.807, 2.05) is 13.8 Å². The molecule has 1 unspecified atom stereocenters. The Hall–Kier alpha value is -1.84. The van der Waals surface area contributed by atoms with Crippen molar-refractivity contribution in [3.63, 3.8) is 0 Å². The fourth-order valence-corrected chi connectivity index (χ4v) is 6.31. The molecule has 0 saturated carbocycles. The first-order valence-electron chi connectivity index (χ1n) is 8.39. The molecule has 1 aliphatic heterocycles. The number of likely N-dealkylation sites (N-methyl/N-ethyl adjacent to an activating group) is 1. The van der Waals surface area contributed by atoms with Crippen LogP contribution in [0.2, 0.25) is 0 Å². The Kier molecular flexibility index (Phi) is 5.69. The van der Waals surface area contributed by atoms with Crippen LogP contribution in [0, 0.1) is 0 Å². The van der Waals surface area contributed by atoms with Crippen LogP contribution in [-0.2, 0) is 14.8 Å². The van der Waals surface area contributed by atoms with Crippen LogP contribution < -0.4 is 0 Å². The first-order valence-corrected chi connectivity index (χ1v) is 11.0. The summed E-state index contributed by atoms with van der Waals surface area (Å²) in [5.74, 6) is 0.937. The Balaban J connectivity index is 2.00. The summed E-state index contributed by atoms with van der Waals surface area (Å²) in [4.78, 5) is 14.6. The highest BCUT2D eigenvalue weighted by Crippen LogP contribution is 2.34. The molecule has 1 fully saturated rings. The van der Waals surface area contributed by atoms with Crippen LogP contribution in [0.3, 0.4) is 0 Å². The van der Waals surface area contributed by atoms with Crippen molar-refractivity contribution in [1.82, 2.24) is 14.4 Å². The zero-order valence-electron chi connectivity index (χ0n) is 14.7. The van der Waals surface area contributed by atoms with Gasteiger partial charge in [-0.3, -0.25) is 4.79 Å². The lowest BCUT2D eigenvalue weighted by atomic mass is 10.2. The van der Waals surface area contributed by atoms with Gasteiger partial charge in [-0.2, -0.15) is 4.31 Å². The summed E-state index contributed by atoms with van der Waals surface area (Å²) in [6.45, 7) is 4.89. The van der Waals surface area contributed by atoms with Gasteiger partial charge in [0, 0.05) is 30.5 Å². The number of carbonyl (C=O) groups excluding carboxylic acids is 1. The van der Waals surface area contributed by atoms with Gasteiger partial charge in [-0.05, 0) is 26.0 Å². The highest BCUT2D eigenvalue weighted by molar-refractivity contribution is 8.00. The van der Waals surface area contributed by atoms with Gasteiger partial charge in [0.05, 0.1) is 17.0 Å². The average Bonchev–Trinajstić information content (AvgIpc) is 3.34. The number of sulfonamides is 1. The number of amides is 1. The van der Waals surface area contributed by atoms with Crippen LogP contribution in [0.4, 0.5) is 0 Å². The predicted molar refractivity (Wildman–Crippen MR) is 100 cm³/mol. The third kappa shape index (κ3) is 3.38. The largest absolute Gasteiger partial charge is 0.356 e. The molecule has 0 radical (unpaired) electrons. The maximum atomic E-state index is 13.3. The number of aromatic nitrogens is 1. The van der Waals surface area contributed by atoms with E-state index in [4.69, 9.17) is 4.52 Å². The molecule has 26 heavy (non-hydrogen) atoms. The fourth-order valence-electron chi connectivity index (χ4n) is 2.98. The minimum atomic E-state index is -3.86. The molecule has 3 rings (SSSR count). The Morgan fingerprint density at radius 3 is 2.69 bits per heavy atom. The monoisotopic (exact) mass is 395 g/mol. The molecule has 1 aromatic heterocycles. The standard InChI is InChI=1S/C17H21N3O4S2/c1-3-19(4-2)17(21)14-11-25-12-20(14)26(22,23)16-8-6-5-7-13(16)15-9-10-18-24-15/h5-10,14H,3-4,11-12H2,1-2H3. The van der Waals surface area contributed by atoms with Crippen molar-refractivity contribution in [2.75, 3.05) is 24.7 Å². The van der Waals surface area contributed by atoms with E-state index in [1.54, 1.807) is 29.2 Å². The lowest BCUT2D eigenvalue weighted by molar-refractivity contribution is -0.133. The molecule has 0 N–H and O–H groups in total. The third-order valence-electron chi connectivity index (χ3n) is 4.38. The summed E-state index contributed by atoms with van der Waals surface area (Å²) < 4.78 is 33.1. The number of nitrogens with zero attached hydrogens (tertiary/aromatic N) is 3. The second kappa shape index (κ2) is 7.81. The molecular weight excluding hydrogens is 374 g/mol. The summed E-state index contributed by atoms with van der Waals surface area (Å²) in [5.41, 5.74) is 0.441. The molecule has 2 heterocycles. The summed E-state index contributed by atoms with van der Waals surface area (Å²) in [6, 6.07) is 7.55. The molecule has 1 amide bonds. The summed E-state index contributed by atoms with van der Waals surface area (Å²) in [7, 11) is -3.86. The molecule has 1 saturated heterocycles. The van der Waals surface area contributed by atoms with Gasteiger partial charge in [0.25, 0.3) is 0 Å². The van der Waals surface area contributed by atoms with Gasteiger partial charge >= 0.3 is 0 Å². The second-order valence-corrected chi connectivity index (χ2v) is 8.65. The first-order chi connectivity index (χ1) is 12.5. The van der Waals surface area contributed by atoms with Crippen molar-refractivity contribution < 1.29 is 17.7 Å². The van der Waals surface area contributed by atoms with Gasteiger partial charge in [-0.1, -0.05) is 17.3 Å². The van der Waals surface area contributed by atoms with E-state index in [2.05, 4.69) is 5.16 Å². The van der Waals surface area contributed by atoms with E-state index >= 15 is 0 Å². The summed E-state index contributed by atoms with van der Waals surface area (Å²) in [5, 5.41) is 3.66. The van der Waals surface area contributed by atoms with Crippen molar-refractivity contribution in [2.24, 2.45) is 0 Å². The smallest absolute Gasteiger partial charge is 0.245 e. The highest BCUT2D eigenvalue weighted by atomic mass is 32.2. The van der Waals surface area contributed by atoms with Gasteiger partial charge < -0.3 is 9.42 Å². The molecule has 1 aromatic carbocycles. The van der Waals surface area contributed by atoms with Crippen LogP contribution in [0.15, 0.2) is 45.9 Å². The van der Waals surface area contributed by atoms with Gasteiger partial charge in [0.15, 0.2) is 5.76 Å². The molecular formula is C17H21N3O4S2. The van der Waals surface area contributed by atoms with Crippen LogP contribution in [0.5, 0.6) is 0 Å². The van der Waals surface area contributed by atoms with Gasteiger partial charge in [-0.25, -0.2) is 8.42 Å². The van der Waals surface area contributed by atoms with Crippen molar-refractivity contribution in [2.45, 2.75) is 24.8 Å². The summed E-state index contributed by atoms with van der Waals surface area (Å²) in [6.07, 6.45) is 1.47. The van der Waals surface area contributed by atoms with E-state index in [1.165, 1.54) is 28.3 Å². The van der Waals surface area contributed by atoms with E-state index in [-0.39, 0.29) is 16.7 Å². The normalized spacial score (nSPS) is 18.2. The quantitative estimate of drug-likeness (QED) is 0.746. The Morgan fingerprint density at radius 1 is 1.31 bits per heavy atom. The zero-order valence-corrected chi connectivity index (χ0v) is 16.3. The number of benzene rings is 1. The molecule has 7 nitrogen and oxygen atoms in total. The van der Waals surface area contributed by atoms with Crippen molar-refractivity contribution >= 4 is 27.7 Å². The molecule has 9 heteroatoms. The Bertz CT molecular complexity index is 864. The van der Waals surface area contributed by atoms with Crippen LogP contribution in [0.25, 0.3) is 11.3 Å². The van der Waals surface area contributed by atoms with E-state index in [0.717, 1.165) is 0 Å². The summed E-state index contributed by atoms with van der Waals surface area (Å²) >= 11 is 1.45. The van der Waals surface area contributed by atoms with Crippen molar-refractivity contribution in [1.29, 1.82) is 0 Å². The average molecular weight is 396 g/mol. The molecule has 1 aliphatic rings. The van der Waals surface area contributed by atoms with Crippen LogP contribution in [-0.4, -0.2) is 59.4 Å². The number of carbonyl (C=O) groups is 1. The minimum absolute atomic E-state index is 0.122. The number of rotatable bonds is 6. The lowest BCUT2D eigenvalue weighted by Crippen LogP contribution is -2.48. The number of hydrogen-bond acceptors (Lipinski definition) is 6.